The number of hydrogen-bond acceptors (Lipinski definition) is 6. The van der Waals surface area contributed by atoms with Crippen LogP contribution in [0.5, 0.6) is 0 Å². The van der Waals surface area contributed by atoms with E-state index in [9.17, 15) is 23.1 Å². The molecule has 2 aliphatic rings. The van der Waals surface area contributed by atoms with Crippen molar-refractivity contribution in [2.75, 3.05) is 19.3 Å². The molecular formula is C24H34N4O5S. The van der Waals surface area contributed by atoms with Gasteiger partial charge in [-0.2, -0.15) is 0 Å². The summed E-state index contributed by atoms with van der Waals surface area (Å²) in [6, 6.07) is 9.56. The minimum absolute atomic E-state index is 0.0149. The lowest BCUT2D eigenvalue weighted by Gasteiger charge is -2.40. The summed E-state index contributed by atoms with van der Waals surface area (Å²) in [5.41, 5.74) is 0.687. The van der Waals surface area contributed by atoms with E-state index in [2.05, 4.69) is 14.9 Å². The minimum Gasteiger partial charge on any atom is -0.390 e. The van der Waals surface area contributed by atoms with Crippen LogP contribution in [-0.4, -0.2) is 72.5 Å². The number of aliphatic hydroxyl groups is 1. The number of pyridine rings is 1. The van der Waals surface area contributed by atoms with E-state index >= 15 is 0 Å². The maximum absolute atomic E-state index is 13.2. The molecule has 0 spiro atoms. The third-order valence-electron chi connectivity index (χ3n) is 6.93. The molecule has 3 heterocycles. The first-order valence-electron chi connectivity index (χ1n) is 11.9. The van der Waals surface area contributed by atoms with Crippen molar-refractivity contribution >= 4 is 26.8 Å². The molecule has 2 saturated heterocycles. The van der Waals surface area contributed by atoms with Crippen molar-refractivity contribution in [2.24, 2.45) is 0 Å². The molecule has 2 aromatic rings. The Kier molecular flexibility index (Phi) is 7.14. The largest absolute Gasteiger partial charge is 0.390 e. The molecule has 1 aromatic heterocycles. The summed E-state index contributed by atoms with van der Waals surface area (Å²) in [7, 11) is -3.35. The van der Waals surface area contributed by atoms with Crippen LogP contribution in [0.2, 0.25) is 0 Å². The van der Waals surface area contributed by atoms with Crippen molar-refractivity contribution in [3.05, 3.63) is 46.2 Å². The molecular weight excluding hydrogens is 456 g/mol. The van der Waals surface area contributed by atoms with Gasteiger partial charge in [0.1, 0.15) is 5.56 Å². The summed E-state index contributed by atoms with van der Waals surface area (Å²) >= 11 is 0. The molecule has 1 unspecified atom stereocenters. The number of nitrogens with one attached hydrogen (secondary N) is 2. The zero-order chi connectivity index (χ0) is 24.6. The highest BCUT2D eigenvalue weighted by atomic mass is 32.2. The number of aliphatic hydroxyl groups excluding tert-OH is 1. The quantitative estimate of drug-likeness (QED) is 0.512. The lowest BCUT2D eigenvalue weighted by atomic mass is 9.96. The Morgan fingerprint density at radius 3 is 2.44 bits per heavy atom. The van der Waals surface area contributed by atoms with Gasteiger partial charge in [0.05, 0.1) is 17.9 Å². The number of hydrogen-bond donors (Lipinski definition) is 3. The molecule has 1 amide bonds. The van der Waals surface area contributed by atoms with E-state index in [0.717, 1.165) is 42.8 Å². The summed E-state index contributed by atoms with van der Waals surface area (Å²) < 4.78 is 26.6. The van der Waals surface area contributed by atoms with Crippen molar-refractivity contribution in [1.82, 2.24) is 19.5 Å². The van der Waals surface area contributed by atoms with E-state index in [0.29, 0.717) is 6.54 Å². The van der Waals surface area contributed by atoms with E-state index in [-0.39, 0.29) is 47.7 Å². The number of nitrogens with zero attached hydrogens (tertiary/aromatic N) is 2. The van der Waals surface area contributed by atoms with Gasteiger partial charge in [0.25, 0.3) is 11.5 Å². The highest BCUT2D eigenvalue weighted by molar-refractivity contribution is 7.88. The number of carbonyl (C=O) groups excluding carboxylic acids is 1. The summed E-state index contributed by atoms with van der Waals surface area (Å²) in [5.74, 6) is -0.347. The molecule has 0 radical (unpaired) electrons. The topological polar surface area (TPSA) is 121 Å². The van der Waals surface area contributed by atoms with Gasteiger partial charge >= 0.3 is 0 Å². The first kappa shape index (κ1) is 24.8. The molecule has 2 fully saturated rings. The van der Waals surface area contributed by atoms with E-state index in [1.165, 1.54) is 0 Å². The molecule has 4 rings (SSSR count). The maximum Gasteiger partial charge on any atom is 0.264 e. The molecule has 186 valence electrons. The molecule has 2 aliphatic heterocycles. The number of benzene rings is 1. The second-order valence-corrected chi connectivity index (χ2v) is 11.7. The van der Waals surface area contributed by atoms with Gasteiger partial charge in [0.2, 0.25) is 10.0 Å². The smallest absolute Gasteiger partial charge is 0.264 e. The number of rotatable bonds is 8. The van der Waals surface area contributed by atoms with Gasteiger partial charge in [-0.05, 0) is 57.0 Å². The Morgan fingerprint density at radius 2 is 1.82 bits per heavy atom. The number of piperidine rings is 1. The highest BCUT2D eigenvalue weighted by Gasteiger charge is 2.41. The molecule has 34 heavy (non-hydrogen) atoms. The third-order valence-corrected chi connectivity index (χ3v) is 7.62. The molecule has 9 nitrogen and oxygen atoms in total. The second kappa shape index (κ2) is 9.77. The normalized spacial score (nSPS) is 24.0. The summed E-state index contributed by atoms with van der Waals surface area (Å²) in [6.45, 7) is 4.24. The molecule has 0 aliphatic carbocycles. The van der Waals surface area contributed by atoms with Gasteiger partial charge in [0, 0.05) is 37.3 Å². The van der Waals surface area contributed by atoms with Crippen molar-refractivity contribution in [3.63, 3.8) is 0 Å². The number of sulfonamides is 1. The monoisotopic (exact) mass is 490 g/mol. The SMILES string of the molecule is CC(C)n1c(=O)c(C(=O)N[C@@H]2C[C@H]3CC[C@@H](C2)N3CC(O)CNS(C)(=O)=O)cc2ccccc21. The number of aromatic nitrogens is 1. The summed E-state index contributed by atoms with van der Waals surface area (Å²) in [4.78, 5) is 28.6. The second-order valence-electron chi connectivity index (χ2n) is 9.88. The van der Waals surface area contributed by atoms with E-state index < -0.39 is 16.1 Å². The van der Waals surface area contributed by atoms with Crippen LogP contribution in [0.4, 0.5) is 0 Å². The van der Waals surface area contributed by atoms with Crippen molar-refractivity contribution < 1.29 is 18.3 Å². The molecule has 10 heteroatoms. The first-order chi connectivity index (χ1) is 16.0. The number of amides is 1. The molecule has 4 atom stereocenters. The third kappa shape index (κ3) is 5.35. The van der Waals surface area contributed by atoms with Gasteiger partial charge in [0.15, 0.2) is 0 Å². The fourth-order valence-electron chi connectivity index (χ4n) is 5.47. The van der Waals surface area contributed by atoms with Crippen LogP contribution >= 0.6 is 0 Å². The lowest BCUT2D eigenvalue weighted by Crippen LogP contribution is -2.53. The van der Waals surface area contributed by atoms with Crippen molar-refractivity contribution in [3.8, 4) is 0 Å². The Balaban J connectivity index is 1.44. The first-order valence-corrected chi connectivity index (χ1v) is 13.8. The summed E-state index contributed by atoms with van der Waals surface area (Å²) in [5, 5.41) is 14.2. The minimum atomic E-state index is -3.35. The van der Waals surface area contributed by atoms with E-state index in [4.69, 9.17) is 0 Å². The van der Waals surface area contributed by atoms with Crippen molar-refractivity contribution in [2.45, 2.75) is 69.8 Å². The Bertz CT molecular complexity index is 1210. The van der Waals surface area contributed by atoms with Gasteiger partial charge in [-0.3, -0.25) is 14.5 Å². The van der Waals surface area contributed by atoms with Gasteiger partial charge < -0.3 is 15.0 Å². The Hall–Kier alpha value is -2.27. The Morgan fingerprint density at radius 1 is 1.18 bits per heavy atom. The van der Waals surface area contributed by atoms with E-state index in [1.807, 2.05) is 38.1 Å². The fourth-order valence-corrected chi connectivity index (χ4v) is 5.96. The average molecular weight is 491 g/mol. The predicted octanol–water partition coefficient (Wildman–Crippen LogP) is 1.22. The van der Waals surface area contributed by atoms with Crippen LogP contribution in [0, 0.1) is 0 Å². The molecule has 1 aromatic carbocycles. The van der Waals surface area contributed by atoms with Crippen LogP contribution in [0.15, 0.2) is 35.1 Å². The molecule has 2 bridgehead atoms. The zero-order valence-corrected chi connectivity index (χ0v) is 20.7. The maximum atomic E-state index is 13.2. The van der Waals surface area contributed by atoms with Gasteiger partial charge in [-0.25, -0.2) is 13.1 Å². The van der Waals surface area contributed by atoms with Crippen LogP contribution in [0.3, 0.4) is 0 Å². The van der Waals surface area contributed by atoms with Crippen LogP contribution in [0.25, 0.3) is 10.9 Å². The predicted molar refractivity (Wildman–Crippen MR) is 131 cm³/mol. The lowest BCUT2D eigenvalue weighted by molar-refractivity contribution is 0.0523. The number of para-hydroxylation sites is 1. The average Bonchev–Trinajstić information content (AvgIpc) is 2.98. The van der Waals surface area contributed by atoms with Crippen LogP contribution in [0.1, 0.15) is 55.9 Å². The van der Waals surface area contributed by atoms with Gasteiger partial charge in [-0.1, -0.05) is 18.2 Å². The Labute approximate surface area is 200 Å². The van der Waals surface area contributed by atoms with Gasteiger partial charge in [-0.15, -0.1) is 0 Å². The standard InChI is InChI=1S/C24H34N4O5S/c1-15(2)28-22-7-5-4-6-16(22)10-21(24(28)31)23(30)26-17-11-18-8-9-19(12-17)27(18)14-20(29)13-25-34(3,32)33/h4-7,10,15,17-20,25,29H,8-9,11-14H2,1-3H3,(H,26,30)/t17-,18-,19+,20?. The zero-order valence-electron chi connectivity index (χ0n) is 19.9. The molecule has 3 N–H and O–H groups in total. The van der Waals surface area contributed by atoms with Crippen LogP contribution in [-0.2, 0) is 10.0 Å². The number of carbonyl (C=O) groups is 1. The van der Waals surface area contributed by atoms with E-state index in [1.54, 1.807) is 10.6 Å². The highest BCUT2D eigenvalue weighted by Crippen LogP contribution is 2.35. The van der Waals surface area contributed by atoms with Crippen molar-refractivity contribution in [1.29, 1.82) is 0 Å². The fraction of sp³-hybridized carbons (Fsp3) is 0.583. The van der Waals surface area contributed by atoms with Crippen LogP contribution < -0.4 is 15.6 Å². The number of fused-ring (bicyclic) bond motifs is 3. The summed E-state index contributed by atoms with van der Waals surface area (Å²) in [6.07, 6.45) is 3.69. The molecule has 0 saturated carbocycles.